The molecule has 0 saturated heterocycles. The number of sulfonamides is 1. The van der Waals surface area contributed by atoms with E-state index in [0.717, 1.165) is 22.7 Å². The highest BCUT2D eigenvalue weighted by Gasteiger charge is 2.18. The van der Waals surface area contributed by atoms with Gasteiger partial charge in [0.2, 0.25) is 10.0 Å². The van der Waals surface area contributed by atoms with Gasteiger partial charge in [0, 0.05) is 12.1 Å². The Morgan fingerprint density at radius 2 is 1.84 bits per heavy atom. The first-order valence-electron chi connectivity index (χ1n) is 5.26. The molecule has 108 valence electrons. The average molecular weight is 311 g/mol. The van der Waals surface area contributed by atoms with Crippen LogP contribution in [0.4, 0.5) is 10.1 Å². The van der Waals surface area contributed by atoms with Gasteiger partial charge >= 0.3 is 0 Å². The number of rotatable bonds is 5. The molecule has 19 heavy (non-hydrogen) atoms. The molecule has 1 N–H and O–H groups in total. The van der Waals surface area contributed by atoms with Crippen LogP contribution in [0, 0.1) is 5.82 Å². The zero-order valence-electron chi connectivity index (χ0n) is 10.4. The maximum Gasteiger partial charge on any atom is 0.269 e. The minimum Gasteiger partial charge on any atom is -0.285 e. The quantitative estimate of drug-likeness (QED) is 0.819. The van der Waals surface area contributed by atoms with Gasteiger partial charge in [-0.05, 0) is 25.1 Å². The normalized spacial score (nSPS) is 12.4. The minimum absolute atomic E-state index is 0.121. The molecule has 0 bridgehead atoms. The van der Waals surface area contributed by atoms with Gasteiger partial charge in [-0.3, -0.25) is 8.86 Å². The Morgan fingerprint density at radius 3 is 2.26 bits per heavy atom. The van der Waals surface area contributed by atoms with E-state index in [4.69, 9.17) is 4.55 Å². The molecule has 0 atom stereocenters. The summed E-state index contributed by atoms with van der Waals surface area (Å²) < 4.78 is 67.7. The van der Waals surface area contributed by atoms with E-state index in [9.17, 15) is 21.2 Å². The van der Waals surface area contributed by atoms with Crippen LogP contribution in [0.3, 0.4) is 0 Å². The van der Waals surface area contributed by atoms with Crippen LogP contribution in [0.1, 0.15) is 12.5 Å². The fourth-order valence-electron chi connectivity index (χ4n) is 1.63. The SMILES string of the molecule is CCN(c1ccc(F)c(CS(=O)(=O)O)c1)S(C)(=O)=O. The number of anilines is 1. The van der Waals surface area contributed by atoms with Crippen LogP contribution in [0.15, 0.2) is 18.2 Å². The molecule has 0 heterocycles. The summed E-state index contributed by atoms with van der Waals surface area (Å²) in [4.78, 5) is 0. The minimum atomic E-state index is -4.39. The summed E-state index contributed by atoms with van der Waals surface area (Å²) in [5.74, 6) is -1.74. The lowest BCUT2D eigenvalue weighted by atomic mass is 10.2. The van der Waals surface area contributed by atoms with Crippen molar-refractivity contribution >= 4 is 25.8 Å². The van der Waals surface area contributed by atoms with Gasteiger partial charge in [0.15, 0.2) is 0 Å². The molecule has 0 saturated carbocycles. The van der Waals surface area contributed by atoms with Crippen LogP contribution in [0.25, 0.3) is 0 Å². The van der Waals surface area contributed by atoms with E-state index in [1.165, 1.54) is 6.07 Å². The molecule has 0 fully saturated rings. The van der Waals surface area contributed by atoms with Gasteiger partial charge in [-0.15, -0.1) is 0 Å². The molecule has 0 amide bonds. The second-order valence-corrected chi connectivity index (χ2v) is 7.29. The lowest BCUT2D eigenvalue weighted by Crippen LogP contribution is -2.29. The molecular weight excluding hydrogens is 297 g/mol. The van der Waals surface area contributed by atoms with Crippen LogP contribution in [0.5, 0.6) is 0 Å². The number of benzene rings is 1. The van der Waals surface area contributed by atoms with Crippen molar-refractivity contribution in [3.63, 3.8) is 0 Å². The van der Waals surface area contributed by atoms with Gasteiger partial charge in [0.05, 0.1) is 11.9 Å². The molecule has 0 aliphatic heterocycles. The molecule has 0 radical (unpaired) electrons. The highest BCUT2D eigenvalue weighted by Crippen LogP contribution is 2.22. The Kier molecular flexibility index (Phi) is 4.54. The van der Waals surface area contributed by atoms with E-state index in [-0.39, 0.29) is 17.8 Å². The highest BCUT2D eigenvalue weighted by atomic mass is 32.2. The molecule has 0 aliphatic rings. The summed E-state index contributed by atoms with van der Waals surface area (Å²) >= 11 is 0. The fourth-order valence-corrected chi connectivity index (χ4v) is 3.21. The molecule has 6 nitrogen and oxygen atoms in total. The number of hydrogen-bond acceptors (Lipinski definition) is 4. The molecule has 0 aromatic heterocycles. The Labute approximate surface area is 111 Å². The summed E-state index contributed by atoms with van der Waals surface area (Å²) in [5, 5.41) is 0. The average Bonchev–Trinajstić information content (AvgIpc) is 2.19. The van der Waals surface area contributed by atoms with E-state index in [0.29, 0.717) is 0 Å². The maximum absolute atomic E-state index is 13.4. The second-order valence-electron chi connectivity index (χ2n) is 3.93. The van der Waals surface area contributed by atoms with Gasteiger partial charge in [0.25, 0.3) is 10.1 Å². The van der Waals surface area contributed by atoms with Crippen molar-refractivity contribution in [1.82, 2.24) is 0 Å². The molecular formula is C10H14FNO5S2. The van der Waals surface area contributed by atoms with Crippen molar-refractivity contribution in [2.45, 2.75) is 12.7 Å². The third-order valence-electron chi connectivity index (χ3n) is 2.34. The van der Waals surface area contributed by atoms with Crippen molar-refractivity contribution in [2.24, 2.45) is 0 Å². The topological polar surface area (TPSA) is 91.8 Å². The van der Waals surface area contributed by atoms with Crippen LogP contribution in [-0.2, 0) is 25.9 Å². The van der Waals surface area contributed by atoms with E-state index in [1.807, 2.05) is 0 Å². The van der Waals surface area contributed by atoms with Crippen LogP contribution < -0.4 is 4.31 Å². The molecule has 9 heteroatoms. The van der Waals surface area contributed by atoms with Crippen molar-refractivity contribution < 1.29 is 25.8 Å². The van der Waals surface area contributed by atoms with E-state index in [1.54, 1.807) is 6.92 Å². The number of halogens is 1. The summed E-state index contributed by atoms with van der Waals surface area (Å²) in [6.07, 6.45) is 0.988. The predicted molar refractivity (Wildman–Crippen MR) is 69.5 cm³/mol. The second kappa shape index (κ2) is 5.43. The first-order valence-corrected chi connectivity index (χ1v) is 8.71. The zero-order valence-corrected chi connectivity index (χ0v) is 12.0. The van der Waals surface area contributed by atoms with Crippen molar-refractivity contribution in [3.8, 4) is 0 Å². The van der Waals surface area contributed by atoms with E-state index >= 15 is 0 Å². The summed E-state index contributed by atoms with van der Waals surface area (Å²) in [6, 6.07) is 3.28. The Balaban J connectivity index is 3.29. The lowest BCUT2D eigenvalue weighted by molar-refractivity contribution is 0.480. The summed E-state index contributed by atoms with van der Waals surface area (Å²) in [6.45, 7) is 1.71. The third-order valence-corrected chi connectivity index (χ3v) is 4.29. The fraction of sp³-hybridized carbons (Fsp3) is 0.400. The number of nitrogens with zero attached hydrogens (tertiary/aromatic N) is 1. The predicted octanol–water partition coefficient (Wildman–Crippen LogP) is 0.999. The van der Waals surface area contributed by atoms with Crippen LogP contribution in [0.2, 0.25) is 0 Å². The molecule has 0 spiro atoms. The largest absolute Gasteiger partial charge is 0.285 e. The lowest BCUT2D eigenvalue weighted by Gasteiger charge is -2.21. The van der Waals surface area contributed by atoms with E-state index < -0.39 is 31.7 Å². The molecule has 0 aliphatic carbocycles. The molecule has 1 aromatic rings. The Hall–Kier alpha value is -1.19. The van der Waals surface area contributed by atoms with Gasteiger partial charge in [-0.25, -0.2) is 12.8 Å². The van der Waals surface area contributed by atoms with Crippen molar-refractivity contribution in [1.29, 1.82) is 0 Å². The third kappa shape index (κ3) is 4.44. The van der Waals surface area contributed by atoms with Gasteiger partial charge in [0.1, 0.15) is 11.6 Å². The van der Waals surface area contributed by atoms with Gasteiger partial charge in [-0.2, -0.15) is 8.42 Å². The van der Waals surface area contributed by atoms with Gasteiger partial charge < -0.3 is 0 Å². The summed E-state index contributed by atoms with van der Waals surface area (Å²) in [5.41, 5.74) is -0.146. The van der Waals surface area contributed by atoms with Crippen LogP contribution >= 0.6 is 0 Å². The Morgan fingerprint density at radius 1 is 1.26 bits per heavy atom. The zero-order chi connectivity index (χ0) is 14.8. The highest BCUT2D eigenvalue weighted by molar-refractivity contribution is 7.92. The van der Waals surface area contributed by atoms with Gasteiger partial charge in [-0.1, -0.05) is 0 Å². The summed E-state index contributed by atoms with van der Waals surface area (Å²) in [7, 11) is -7.93. The molecule has 1 aromatic carbocycles. The Bertz CT molecular complexity index is 669. The van der Waals surface area contributed by atoms with Crippen molar-refractivity contribution in [2.75, 3.05) is 17.1 Å². The van der Waals surface area contributed by atoms with E-state index in [2.05, 4.69) is 0 Å². The standard InChI is InChI=1S/C10H14FNO5S2/c1-3-12(18(2,13)14)9-4-5-10(11)8(6-9)7-19(15,16)17/h4-6H,3,7H2,1-2H3,(H,15,16,17). The van der Waals surface area contributed by atoms with Crippen molar-refractivity contribution in [3.05, 3.63) is 29.6 Å². The molecule has 0 unspecified atom stereocenters. The first-order chi connectivity index (χ1) is 8.54. The smallest absolute Gasteiger partial charge is 0.269 e. The first kappa shape index (κ1) is 15.9. The number of hydrogen-bond donors (Lipinski definition) is 1. The maximum atomic E-state index is 13.4. The monoisotopic (exact) mass is 311 g/mol. The molecule has 1 rings (SSSR count). The van der Waals surface area contributed by atoms with Crippen LogP contribution in [-0.4, -0.2) is 34.2 Å².